The average Bonchev–Trinajstić information content (AvgIpc) is 2.32. The Balaban J connectivity index is 2.49. The number of fused-ring (bicyclic) bond motifs is 1. The van der Waals surface area contributed by atoms with Gasteiger partial charge in [-0.25, -0.2) is 4.98 Å². The molecule has 80 valence electrons. The van der Waals surface area contributed by atoms with Crippen molar-refractivity contribution in [2.75, 3.05) is 11.9 Å². The highest BCUT2D eigenvalue weighted by Gasteiger charge is 2.31. The topological polar surface area (TPSA) is 42.4 Å². The van der Waals surface area contributed by atoms with Gasteiger partial charge in [0.1, 0.15) is 6.10 Å². The summed E-state index contributed by atoms with van der Waals surface area (Å²) >= 11 is 0. The Morgan fingerprint density at radius 3 is 2.93 bits per heavy atom. The van der Waals surface area contributed by atoms with E-state index in [1.165, 1.54) is 0 Å². The van der Waals surface area contributed by atoms with Gasteiger partial charge in [0.2, 0.25) is 5.91 Å². The Hall–Kier alpha value is -1.58. The molecule has 1 aromatic heterocycles. The van der Waals surface area contributed by atoms with Gasteiger partial charge in [-0.3, -0.25) is 9.69 Å². The summed E-state index contributed by atoms with van der Waals surface area (Å²) in [6.07, 6.45) is 1.54. The van der Waals surface area contributed by atoms with E-state index < -0.39 is 0 Å². The molecule has 0 unspecified atom stereocenters. The fraction of sp³-hybridized carbons (Fsp3) is 0.455. The van der Waals surface area contributed by atoms with Crippen LogP contribution in [0.15, 0.2) is 18.3 Å². The molecular formula is C11H14N2O2. The van der Waals surface area contributed by atoms with E-state index in [0.717, 1.165) is 0 Å². The fourth-order valence-corrected chi connectivity index (χ4v) is 1.64. The maximum atomic E-state index is 11.9. The summed E-state index contributed by atoms with van der Waals surface area (Å²) in [5.74, 6) is 1.16. The van der Waals surface area contributed by atoms with Crippen molar-refractivity contribution in [1.29, 1.82) is 0 Å². The molecule has 0 aliphatic carbocycles. The first-order valence-electron chi connectivity index (χ1n) is 5.00. The van der Waals surface area contributed by atoms with E-state index in [9.17, 15) is 4.79 Å². The molecule has 0 bridgehead atoms. The van der Waals surface area contributed by atoms with Crippen LogP contribution in [-0.4, -0.2) is 24.0 Å². The summed E-state index contributed by atoms with van der Waals surface area (Å²) in [5, 5.41) is 0. The number of amides is 1. The average molecular weight is 206 g/mol. The predicted molar refractivity (Wildman–Crippen MR) is 56.9 cm³/mol. The summed E-state index contributed by atoms with van der Waals surface area (Å²) in [6, 6.07) is 3.64. The quantitative estimate of drug-likeness (QED) is 0.645. The van der Waals surface area contributed by atoms with Crippen LogP contribution in [-0.2, 0) is 4.79 Å². The van der Waals surface area contributed by atoms with Gasteiger partial charge in [0, 0.05) is 13.2 Å². The Bertz CT molecular complexity index is 392. The second-order valence-corrected chi connectivity index (χ2v) is 3.83. The molecule has 0 spiro atoms. The molecule has 1 aromatic rings. The van der Waals surface area contributed by atoms with Gasteiger partial charge in [0.15, 0.2) is 11.6 Å². The monoisotopic (exact) mass is 206 g/mol. The molecule has 0 fully saturated rings. The van der Waals surface area contributed by atoms with Gasteiger partial charge >= 0.3 is 0 Å². The maximum absolute atomic E-state index is 11.9. The predicted octanol–water partition coefficient (Wildman–Crippen LogP) is 1.46. The van der Waals surface area contributed by atoms with Crippen LogP contribution in [0.25, 0.3) is 0 Å². The molecule has 2 heterocycles. The van der Waals surface area contributed by atoms with Crippen molar-refractivity contribution in [3.8, 4) is 5.75 Å². The number of hydrogen-bond acceptors (Lipinski definition) is 3. The Labute approximate surface area is 88.9 Å². The van der Waals surface area contributed by atoms with E-state index in [0.29, 0.717) is 11.6 Å². The van der Waals surface area contributed by atoms with Crippen LogP contribution in [0.1, 0.15) is 13.8 Å². The number of carbonyl (C=O) groups is 1. The number of nitrogens with zero attached hydrogens (tertiary/aromatic N) is 2. The number of aromatic nitrogens is 1. The van der Waals surface area contributed by atoms with Gasteiger partial charge in [0.25, 0.3) is 0 Å². The summed E-state index contributed by atoms with van der Waals surface area (Å²) in [5.41, 5.74) is 0. The number of ether oxygens (including phenoxy) is 1. The van der Waals surface area contributed by atoms with Crippen molar-refractivity contribution in [2.24, 2.45) is 5.92 Å². The lowest BCUT2D eigenvalue weighted by Crippen LogP contribution is -2.35. The van der Waals surface area contributed by atoms with Crippen LogP contribution >= 0.6 is 0 Å². The van der Waals surface area contributed by atoms with Crippen molar-refractivity contribution in [2.45, 2.75) is 20.0 Å². The largest absolute Gasteiger partial charge is 0.486 e. The zero-order chi connectivity index (χ0) is 11.0. The molecular weight excluding hydrogens is 192 g/mol. The van der Waals surface area contributed by atoms with Gasteiger partial charge in [-0.05, 0) is 19.1 Å². The van der Waals surface area contributed by atoms with Crippen LogP contribution in [0.2, 0.25) is 0 Å². The molecule has 0 saturated heterocycles. The molecule has 15 heavy (non-hydrogen) atoms. The van der Waals surface area contributed by atoms with Crippen molar-refractivity contribution in [3.05, 3.63) is 18.3 Å². The molecule has 1 amide bonds. The third kappa shape index (κ3) is 1.56. The van der Waals surface area contributed by atoms with Gasteiger partial charge < -0.3 is 4.74 Å². The van der Waals surface area contributed by atoms with Crippen molar-refractivity contribution < 1.29 is 9.53 Å². The highest BCUT2D eigenvalue weighted by atomic mass is 16.5. The summed E-state index contributed by atoms with van der Waals surface area (Å²) in [7, 11) is 1.73. The fourth-order valence-electron chi connectivity index (χ4n) is 1.64. The zero-order valence-electron chi connectivity index (χ0n) is 9.10. The van der Waals surface area contributed by atoms with Crippen LogP contribution in [0, 0.1) is 5.92 Å². The second-order valence-electron chi connectivity index (χ2n) is 3.83. The molecule has 1 aliphatic heterocycles. The first-order chi connectivity index (χ1) is 7.11. The Morgan fingerprint density at radius 2 is 2.20 bits per heavy atom. The SMILES string of the molecule is C[C@@H]1C(=O)N(C)c2ncccc2O[C@@H]1C. The Morgan fingerprint density at radius 1 is 1.47 bits per heavy atom. The van der Waals surface area contributed by atoms with Crippen molar-refractivity contribution >= 4 is 11.7 Å². The molecule has 0 saturated carbocycles. The lowest BCUT2D eigenvalue weighted by molar-refractivity contribution is -0.123. The lowest BCUT2D eigenvalue weighted by atomic mass is 10.1. The smallest absolute Gasteiger partial charge is 0.234 e. The minimum atomic E-state index is -0.149. The number of pyridine rings is 1. The zero-order valence-corrected chi connectivity index (χ0v) is 9.10. The van der Waals surface area contributed by atoms with E-state index in [-0.39, 0.29) is 17.9 Å². The van der Waals surface area contributed by atoms with Gasteiger partial charge in [-0.2, -0.15) is 0 Å². The number of hydrogen-bond donors (Lipinski definition) is 0. The number of rotatable bonds is 0. The molecule has 2 rings (SSSR count). The molecule has 0 radical (unpaired) electrons. The first kappa shape index (κ1) is 9.96. The van der Waals surface area contributed by atoms with E-state index in [1.807, 2.05) is 19.9 Å². The van der Waals surface area contributed by atoms with E-state index in [2.05, 4.69) is 4.98 Å². The van der Waals surface area contributed by atoms with Gasteiger partial charge in [-0.15, -0.1) is 0 Å². The summed E-state index contributed by atoms with van der Waals surface area (Å²) in [4.78, 5) is 17.6. The standard InChI is InChI=1S/C11H14N2O2/c1-7-8(2)15-9-5-4-6-12-10(9)13(3)11(7)14/h4-8H,1-3H3/t7-,8+/m0/s1. The summed E-state index contributed by atoms with van der Waals surface area (Å²) < 4.78 is 5.68. The molecule has 4 nitrogen and oxygen atoms in total. The minimum absolute atomic E-state index is 0.0416. The van der Waals surface area contributed by atoms with E-state index >= 15 is 0 Å². The third-order valence-corrected chi connectivity index (χ3v) is 2.81. The number of anilines is 1. The van der Waals surface area contributed by atoms with Crippen LogP contribution in [0.3, 0.4) is 0 Å². The van der Waals surface area contributed by atoms with Crippen molar-refractivity contribution in [1.82, 2.24) is 4.98 Å². The third-order valence-electron chi connectivity index (χ3n) is 2.81. The molecule has 4 heteroatoms. The minimum Gasteiger partial charge on any atom is -0.486 e. The molecule has 0 aromatic carbocycles. The van der Waals surface area contributed by atoms with Crippen LogP contribution < -0.4 is 9.64 Å². The normalized spacial score (nSPS) is 25.5. The van der Waals surface area contributed by atoms with Gasteiger partial charge in [-0.1, -0.05) is 6.92 Å². The molecule has 1 aliphatic rings. The lowest BCUT2D eigenvalue weighted by Gasteiger charge is -2.17. The van der Waals surface area contributed by atoms with Crippen LogP contribution in [0.4, 0.5) is 5.82 Å². The highest BCUT2D eigenvalue weighted by Crippen LogP contribution is 2.31. The molecule has 0 N–H and O–H groups in total. The highest BCUT2D eigenvalue weighted by molar-refractivity contribution is 5.95. The summed E-state index contributed by atoms with van der Waals surface area (Å²) in [6.45, 7) is 3.77. The number of carbonyl (C=O) groups excluding carboxylic acids is 1. The van der Waals surface area contributed by atoms with Crippen molar-refractivity contribution in [3.63, 3.8) is 0 Å². The van der Waals surface area contributed by atoms with E-state index in [1.54, 1.807) is 24.2 Å². The molecule has 2 atom stereocenters. The Kier molecular flexibility index (Phi) is 2.34. The van der Waals surface area contributed by atoms with Gasteiger partial charge in [0.05, 0.1) is 5.92 Å². The van der Waals surface area contributed by atoms with Crippen LogP contribution in [0.5, 0.6) is 5.75 Å². The second kappa shape index (κ2) is 3.53. The van der Waals surface area contributed by atoms with E-state index in [4.69, 9.17) is 4.74 Å². The first-order valence-corrected chi connectivity index (χ1v) is 5.00. The maximum Gasteiger partial charge on any atom is 0.234 e.